The normalized spacial score (nSPS) is 10.8. The first-order chi connectivity index (χ1) is 8.90. The molecule has 1 N–H and O–H groups in total. The maximum atomic E-state index is 12.1. The van der Waals surface area contributed by atoms with Crippen LogP contribution in [0.5, 0.6) is 0 Å². The minimum atomic E-state index is -0.239. The van der Waals surface area contributed by atoms with E-state index in [0.29, 0.717) is 23.0 Å². The van der Waals surface area contributed by atoms with Gasteiger partial charge in [-0.1, -0.05) is 11.6 Å². The van der Waals surface area contributed by atoms with Crippen LogP contribution in [0.25, 0.3) is 0 Å². The summed E-state index contributed by atoms with van der Waals surface area (Å²) < 4.78 is 3.21. The average Bonchev–Trinajstić information content (AvgIpc) is 2.76. The molecule has 2 rings (SSSR count). The summed E-state index contributed by atoms with van der Waals surface area (Å²) in [7, 11) is 3.54. The van der Waals surface area contributed by atoms with Gasteiger partial charge in [-0.05, 0) is 13.8 Å². The van der Waals surface area contributed by atoms with Crippen molar-refractivity contribution >= 4 is 17.5 Å². The number of carbonyl (C=O) groups excluding carboxylic acids is 1. The Hall–Kier alpha value is -1.82. The molecule has 0 aliphatic heterocycles. The van der Waals surface area contributed by atoms with Crippen molar-refractivity contribution in [2.24, 2.45) is 14.1 Å². The molecular weight excluding hydrogens is 266 g/mol. The van der Waals surface area contributed by atoms with Gasteiger partial charge in [0.05, 0.1) is 16.4 Å². The smallest absolute Gasteiger partial charge is 0.271 e. The molecule has 0 aromatic carbocycles. The van der Waals surface area contributed by atoms with Crippen LogP contribution in [-0.2, 0) is 20.6 Å². The summed E-state index contributed by atoms with van der Waals surface area (Å²) in [5.74, 6) is -0.239. The van der Waals surface area contributed by atoms with Gasteiger partial charge in [-0.3, -0.25) is 14.2 Å². The molecule has 6 nitrogen and oxygen atoms in total. The number of aromatic nitrogens is 4. The van der Waals surface area contributed by atoms with E-state index >= 15 is 0 Å². The van der Waals surface area contributed by atoms with E-state index in [9.17, 15) is 4.79 Å². The van der Waals surface area contributed by atoms with Gasteiger partial charge in [0.1, 0.15) is 5.69 Å². The number of rotatable bonds is 3. The SMILES string of the molecule is Cc1nn(C)cc1CNC(=O)c1c(Cl)c(C)nn1C. The fraction of sp³-hybridized carbons (Fsp3) is 0.417. The van der Waals surface area contributed by atoms with E-state index in [4.69, 9.17) is 11.6 Å². The summed E-state index contributed by atoms with van der Waals surface area (Å²) in [4.78, 5) is 12.1. The van der Waals surface area contributed by atoms with Crippen molar-refractivity contribution in [3.05, 3.63) is 33.9 Å². The molecule has 0 unspecified atom stereocenters. The first-order valence-electron chi connectivity index (χ1n) is 5.86. The minimum absolute atomic E-state index is 0.239. The lowest BCUT2D eigenvalue weighted by Crippen LogP contribution is -2.25. The summed E-state index contributed by atoms with van der Waals surface area (Å²) in [6.45, 7) is 4.09. The van der Waals surface area contributed by atoms with Crippen LogP contribution in [-0.4, -0.2) is 25.5 Å². The Kier molecular flexibility index (Phi) is 3.61. The topological polar surface area (TPSA) is 64.7 Å². The molecule has 0 saturated heterocycles. The second-order valence-corrected chi connectivity index (χ2v) is 4.85. The van der Waals surface area contributed by atoms with E-state index in [-0.39, 0.29) is 5.91 Å². The van der Waals surface area contributed by atoms with E-state index in [1.165, 1.54) is 4.68 Å². The maximum absolute atomic E-state index is 12.1. The molecule has 1 amide bonds. The molecule has 0 bridgehead atoms. The molecular formula is C12H16ClN5O. The Bertz CT molecular complexity index is 628. The fourth-order valence-electron chi connectivity index (χ4n) is 1.96. The van der Waals surface area contributed by atoms with E-state index < -0.39 is 0 Å². The highest BCUT2D eigenvalue weighted by atomic mass is 35.5. The number of nitrogens with one attached hydrogen (secondary N) is 1. The number of halogens is 1. The van der Waals surface area contributed by atoms with Crippen molar-refractivity contribution in [2.45, 2.75) is 20.4 Å². The zero-order chi connectivity index (χ0) is 14.2. The maximum Gasteiger partial charge on any atom is 0.271 e. The van der Waals surface area contributed by atoms with E-state index in [1.54, 1.807) is 18.7 Å². The Morgan fingerprint density at radius 3 is 2.47 bits per heavy atom. The monoisotopic (exact) mass is 281 g/mol. The van der Waals surface area contributed by atoms with Crippen molar-refractivity contribution in [3.63, 3.8) is 0 Å². The van der Waals surface area contributed by atoms with Crippen molar-refractivity contribution in [1.82, 2.24) is 24.9 Å². The molecule has 7 heteroatoms. The van der Waals surface area contributed by atoms with Gasteiger partial charge >= 0.3 is 0 Å². The lowest BCUT2D eigenvalue weighted by Gasteiger charge is -2.05. The van der Waals surface area contributed by atoms with Crippen molar-refractivity contribution in [1.29, 1.82) is 0 Å². The van der Waals surface area contributed by atoms with Gasteiger partial charge in [0.2, 0.25) is 0 Å². The van der Waals surface area contributed by atoms with Gasteiger partial charge in [-0.25, -0.2) is 0 Å². The van der Waals surface area contributed by atoms with Crippen molar-refractivity contribution in [3.8, 4) is 0 Å². The number of hydrogen-bond acceptors (Lipinski definition) is 3. The first-order valence-corrected chi connectivity index (χ1v) is 6.24. The standard InChI is InChI=1S/C12H16ClN5O/c1-7-9(6-17(3)15-7)5-14-12(19)11-10(13)8(2)16-18(11)4/h6H,5H2,1-4H3,(H,14,19). The molecule has 19 heavy (non-hydrogen) atoms. The van der Waals surface area contributed by atoms with Crippen LogP contribution in [0.2, 0.25) is 5.02 Å². The third kappa shape index (κ3) is 2.63. The molecule has 0 radical (unpaired) electrons. The largest absolute Gasteiger partial charge is 0.346 e. The third-order valence-corrected chi connectivity index (χ3v) is 3.37. The van der Waals surface area contributed by atoms with Crippen LogP contribution in [0.3, 0.4) is 0 Å². The Morgan fingerprint density at radius 1 is 1.32 bits per heavy atom. The number of nitrogens with zero attached hydrogens (tertiary/aromatic N) is 4. The third-order valence-electron chi connectivity index (χ3n) is 2.92. The number of aryl methyl sites for hydroxylation is 4. The summed E-state index contributed by atoms with van der Waals surface area (Å²) in [6, 6.07) is 0. The predicted octanol–water partition coefficient (Wildman–Crippen LogP) is 1.35. The van der Waals surface area contributed by atoms with Crippen LogP contribution in [0.1, 0.15) is 27.4 Å². The van der Waals surface area contributed by atoms with Gasteiger partial charge in [-0.2, -0.15) is 10.2 Å². The van der Waals surface area contributed by atoms with Crippen LogP contribution >= 0.6 is 11.6 Å². The van der Waals surface area contributed by atoms with Gasteiger partial charge in [0.15, 0.2) is 0 Å². The summed E-state index contributed by atoms with van der Waals surface area (Å²) >= 11 is 6.07. The number of amides is 1. The predicted molar refractivity (Wildman–Crippen MR) is 72.1 cm³/mol. The fourth-order valence-corrected chi connectivity index (χ4v) is 2.21. The van der Waals surface area contributed by atoms with E-state index in [2.05, 4.69) is 15.5 Å². The van der Waals surface area contributed by atoms with E-state index in [0.717, 1.165) is 11.3 Å². The van der Waals surface area contributed by atoms with Crippen molar-refractivity contribution < 1.29 is 4.79 Å². The number of carbonyl (C=O) groups is 1. The lowest BCUT2D eigenvalue weighted by molar-refractivity contribution is 0.0941. The zero-order valence-electron chi connectivity index (χ0n) is 11.4. The molecule has 0 aliphatic carbocycles. The highest BCUT2D eigenvalue weighted by molar-refractivity contribution is 6.34. The molecule has 2 aromatic heterocycles. The molecule has 0 fully saturated rings. The summed E-state index contributed by atoms with van der Waals surface area (Å²) in [5.41, 5.74) is 2.90. The second-order valence-electron chi connectivity index (χ2n) is 4.47. The Morgan fingerprint density at radius 2 is 2.00 bits per heavy atom. The van der Waals surface area contributed by atoms with Crippen LogP contribution in [0, 0.1) is 13.8 Å². The zero-order valence-corrected chi connectivity index (χ0v) is 12.1. The van der Waals surface area contributed by atoms with Gasteiger partial charge in [0.25, 0.3) is 5.91 Å². The van der Waals surface area contributed by atoms with E-state index in [1.807, 2.05) is 20.2 Å². The molecule has 0 saturated carbocycles. The van der Waals surface area contributed by atoms with Gasteiger partial charge in [-0.15, -0.1) is 0 Å². The molecule has 0 spiro atoms. The van der Waals surface area contributed by atoms with Crippen LogP contribution in [0.15, 0.2) is 6.20 Å². The minimum Gasteiger partial charge on any atom is -0.346 e. The molecule has 0 aliphatic rings. The molecule has 2 aromatic rings. The van der Waals surface area contributed by atoms with Crippen molar-refractivity contribution in [2.75, 3.05) is 0 Å². The highest BCUT2D eigenvalue weighted by Crippen LogP contribution is 2.19. The highest BCUT2D eigenvalue weighted by Gasteiger charge is 2.18. The Labute approximate surface area is 116 Å². The molecule has 102 valence electrons. The molecule has 2 heterocycles. The van der Waals surface area contributed by atoms with Gasteiger partial charge in [0, 0.05) is 32.4 Å². The summed E-state index contributed by atoms with van der Waals surface area (Å²) in [6.07, 6.45) is 1.88. The lowest BCUT2D eigenvalue weighted by atomic mass is 10.2. The second kappa shape index (κ2) is 5.05. The van der Waals surface area contributed by atoms with Crippen LogP contribution in [0.4, 0.5) is 0 Å². The quantitative estimate of drug-likeness (QED) is 0.924. The van der Waals surface area contributed by atoms with Gasteiger partial charge < -0.3 is 5.32 Å². The first kappa shape index (κ1) is 13.6. The average molecular weight is 282 g/mol. The number of hydrogen-bond donors (Lipinski definition) is 1. The molecule has 0 atom stereocenters. The van der Waals surface area contributed by atoms with Crippen LogP contribution < -0.4 is 5.32 Å². The summed E-state index contributed by atoms with van der Waals surface area (Å²) in [5, 5.41) is 11.6. The Balaban J connectivity index is 2.12.